The molecule has 0 radical (unpaired) electrons. The third kappa shape index (κ3) is 4.09. The number of rotatable bonds is 12. The van der Waals surface area contributed by atoms with Crippen molar-refractivity contribution in [2.45, 2.75) is 83.9 Å². The predicted octanol–water partition coefficient (Wildman–Crippen LogP) is 4.40. The lowest BCUT2D eigenvalue weighted by Crippen LogP contribution is -2.64. The minimum absolute atomic E-state index is 0.0504. The van der Waals surface area contributed by atoms with E-state index in [0.29, 0.717) is 0 Å². The average molecular weight is 319 g/mol. The van der Waals surface area contributed by atoms with Crippen LogP contribution in [-0.2, 0) is 14.2 Å². The summed E-state index contributed by atoms with van der Waals surface area (Å²) in [4.78, 5) is 0. The van der Waals surface area contributed by atoms with Gasteiger partial charge in [-0.15, -0.1) is 0 Å². The molecule has 0 N–H and O–H groups in total. The standard InChI is InChI=1S/C17H38O3Si/c1-9-12-15(18-4)16(13-10-2,14-11-3)17(19-5,20-6)21(7)8/h15,21H,9-14H2,1-8H3. The summed E-state index contributed by atoms with van der Waals surface area (Å²) in [6, 6.07) is 0. The maximum atomic E-state index is 6.11. The first-order chi connectivity index (χ1) is 9.96. The molecule has 0 aromatic rings. The van der Waals surface area contributed by atoms with Gasteiger partial charge in [0.05, 0.1) is 6.10 Å². The molecule has 0 aliphatic carbocycles. The molecule has 0 aliphatic heterocycles. The lowest BCUT2D eigenvalue weighted by atomic mass is 9.71. The van der Waals surface area contributed by atoms with Crippen LogP contribution in [0.5, 0.6) is 0 Å². The van der Waals surface area contributed by atoms with Gasteiger partial charge < -0.3 is 14.2 Å². The molecular formula is C17H38O3Si. The van der Waals surface area contributed by atoms with Crippen LogP contribution in [0.1, 0.15) is 59.3 Å². The van der Waals surface area contributed by atoms with Gasteiger partial charge in [-0.1, -0.05) is 53.1 Å². The molecule has 21 heavy (non-hydrogen) atoms. The molecule has 1 unspecified atom stereocenters. The molecule has 0 amide bonds. The average Bonchev–Trinajstić information content (AvgIpc) is 2.46. The fourth-order valence-corrected chi connectivity index (χ4v) is 6.90. The molecule has 0 aromatic heterocycles. The van der Waals surface area contributed by atoms with E-state index in [9.17, 15) is 0 Å². The van der Waals surface area contributed by atoms with E-state index < -0.39 is 14.2 Å². The van der Waals surface area contributed by atoms with Gasteiger partial charge in [-0.3, -0.25) is 0 Å². The zero-order chi connectivity index (χ0) is 16.5. The van der Waals surface area contributed by atoms with Crippen molar-refractivity contribution >= 4 is 8.80 Å². The zero-order valence-corrected chi connectivity index (χ0v) is 16.8. The van der Waals surface area contributed by atoms with Gasteiger partial charge in [0.1, 0.15) is 8.80 Å². The van der Waals surface area contributed by atoms with Gasteiger partial charge in [0.25, 0.3) is 0 Å². The van der Waals surface area contributed by atoms with Crippen molar-refractivity contribution < 1.29 is 14.2 Å². The molecular weight excluding hydrogens is 280 g/mol. The smallest absolute Gasteiger partial charge is 0.154 e. The number of methoxy groups -OCH3 is 3. The highest BCUT2D eigenvalue weighted by molar-refractivity contribution is 6.58. The summed E-state index contributed by atoms with van der Waals surface area (Å²) in [7, 11) is 4.25. The number of ether oxygens (including phenoxy) is 3. The first kappa shape index (κ1) is 21.1. The Kier molecular flexibility index (Phi) is 10.0. The normalized spacial score (nSPS) is 14.7. The molecule has 0 saturated carbocycles. The van der Waals surface area contributed by atoms with Crippen LogP contribution in [0.25, 0.3) is 0 Å². The van der Waals surface area contributed by atoms with Crippen LogP contribution in [0.4, 0.5) is 0 Å². The van der Waals surface area contributed by atoms with Gasteiger partial charge in [0, 0.05) is 26.7 Å². The predicted molar refractivity (Wildman–Crippen MR) is 93.6 cm³/mol. The fourth-order valence-electron chi connectivity index (χ4n) is 4.33. The maximum Gasteiger partial charge on any atom is 0.154 e. The van der Waals surface area contributed by atoms with E-state index in [1.54, 1.807) is 0 Å². The van der Waals surface area contributed by atoms with Crippen molar-refractivity contribution in [2.75, 3.05) is 21.3 Å². The summed E-state index contributed by atoms with van der Waals surface area (Å²) in [5.41, 5.74) is -0.514. The Morgan fingerprint density at radius 2 is 1.33 bits per heavy atom. The SMILES string of the molecule is CCCC(OC)C(CCC)(CCC)C(OC)(OC)[SiH](C)C. The quantitative estimate of drug-likeness (QED) is 0.394. The first-order valence-electron chi connectivity index (χ1n) is 8.59. The van der Waals surface area contributed by atoms with E-state index in [1.807, 2.05) is 21.3 Å². The molecule has 0 aromatic carbocycles. The molecule has 1 atom stereocenters. The monoisotopic (exact) mass is 318 g/mol. The van der Waals surface area contributed by atoms with E-state index in [-0.39, 0.29) is 11.5 Å². The van der Waals surface area contributed by atoms with Crippen LogP contribution in [0.2, 0.25) is 13.1 Å². The second-order valence-electron chi connectivity index (χ2n) is 6.40. The Hall–Kier alpha value is 0.0969. The Morgan fingerprint density at radius 1 is 0.857 bits per heavy atom. The van der Waals surface area contributed by atoms with Crippen molar-refractivity contribution in [3.05, 3.63) is 0 Å². The van der Waals surface area contributed by atoms with Gasteiger partial charge in [-0.25, -0.2) is 0 Å². The van der Waals surface area contributed by atoms with Crippen LogP contribution < -0.4 is 0 Å². The summed E-state index contributed by atoms with van der Waals surface area (Å²) >= 11 is 0. The summed E-state index contributed by atoms with van der Waals surface area (Å²) in [5, 5.41) is 0. The highest BCUT2D eigenvalue weighted by atomic mass is 28.3. The van der Waals surface area contributed by atoms with E-state index in [0.717, 1.165) is 38.5 Å². The van der Waals surface area contributed by atoms with Crippen LogP contribution in [0.15, 0.2) is 0 Å². The zero-order valence-electron chi connectivity index (χ0n) is 15.6. The molecule has 4 heteroatoms. The van der Waals surface area contributed by atoms with Crippen molar-refractivity contribution in [2.24, 2.45) is 5.41 Å². The molecule has 0 aliphatic rings. The van der Waals surface area contributed by atoms with E-state index >= 15 is 0 Å². The second-order valence-corrected chi connectivity index (χ2v) is 9.47. The molecule has 0 spiro atoms. The summed E-state index contributed by atoms with van der Waals surface area (Å²) in [6.07, 6.45) is 6.80. The topological polar surface area (TPSA) is 27.7 Å². The van der Waals surface area contributed by atoms with Crippen molar-refractivity contribution in [1.82, 2.24) is 0 Å². The van der Waals surface area contributed by atoms with E-state index in [2.05, 4.69) is 33.9 Å². The Balaban J connectivity index is 6.04. The molecule has 3 nitrogen and oxygen atoms in total. The van der Waals surface area contributed by atoms with Gasteiger partial charge >= 0.3 is 0 Å². The number of hydrogen-bond donors (Lipinski definition) is 0. The van der Waals surface area contributed by atoms with Crippen molar-refractivity contribution in [1.29, 1.82) is 0 Å². The minimum atomic E-state index is -1.23. The van der Waals surface area contributed by atoms with Crippen LogP contribution >= 0.6 is 0 Å². The van der Waals surface area contributed by atoms with Gasteiger partial charge in [0.2, 0.25) is 0 Å². The highest BCUT2D eigenvalue weighted by Gasteiger charge is 2.57. The second kappa shape index (κ2) is 9.98. The molecule has 0 rings (SSSR count). The summed E-state index contributed by atoms with van der Waals surface area (Å²) in [6.45, 7) is 11.4. The summed E-state index contributed by atoms with van der Waals surface area (Å²) in [5.74, 6) is 0. The minimum Gasteiger partial charge on any atom is -0.381 e. The van der Waals surface area contributed by atoms with Gasteiger partial charge in [-0.05, 0) is 19.3 Å². The Labute approximate surface area is 134 Å². The van der Waals surface area contributed by atoms with Crippen LogP contribution in [-0.4, -0.2) is 41.6 Å². The number of hydrogen-bond acceptors (Lipinski definition) is 3. The Morgan fingerprint density at radius 3 is 1.57 bits per heavy atom. The molecule has 0 saturated heterocycles. The highest BCUT2D eigenvalue weighted by Crippen LogP contribution is 2.49. The van der Waals surface area contributed by atoms with Gasteiger partial charge in [-0.2, -0.15) is 0 Å². The lowest BCUT2D eigenvalue weighted by molar-refractivity contribution is -0.259. The van der Waals surface area contributed by atoms with E-state index in [1.165, 1.54) is 0 Å². The van der Waals surface area contributed by atoms with Gasteiger partial charge in [0.15, 0.2) is 5.41 Å². The van der Waals surface area contributed by atoms with E-state index in [4.69, 9.17) is 14.2 Å². The lowest BCUT2D eigenvalue weighted by Gasteiger charge is -2.54. The van der Waals surface area contributed by atoms with Crippen molar-refractivity contribution in [3.63, 3.8) is 0 Å². The molecule has 128 valence electrons. The van der Waals surface area contributed by atoms with Crippen LogP contribution in [0, 0.1) is 5.41 Å². The molecule has 0 bridgehead atoms. The largest absolute Gasteiger partial charge is 0.381 e. The third-order valence-corrected chi connectivity index (χ3v) is 7.47. The molecule has 0 fully saturated rings. The Bertz CT molecular complexity index is 259. The maximum absolute atomic E-state index is 6.11. The third-order valence-electron chi connectivity index (χ3n) is 4.90. The van der Waals surface area contributed by atoms with Crippen LogP contribution in [0.3, 0.4) is 0 Å². The molecule has 0 heterocycles. The summed E-state index contributed by atoms with van der Waals surface area (Å²) < 4.78 is 18.2. The van der Waals surface area contributed by atoms with Crippen molar-refractivity contribution in [3.8, 4) is 0 Å². The fraction of sp³-hybridized carbons (Fsp3) is 1.00. The first-order valence-corrected chi connectivity index (χ1v) is 11.5.